The number of piperazine rings is 1. The Hall–Kier alpha value is -2.00. The minimum absolute atomic E-state index is 0.244. The predicted octanol–water partition coefficient (Wildman–Crippen LogP) is 1.88. The topological polar surface area (TPSA) is 76.4 Å². The number of carbonyl (C=O) groups excluding carboxylic acids is 1. The van der Waals surface area contributed by atoms with E-state index in [1.807, 2.05) is 36.1 Å². The van der Waals surface area contributed by atoms with Gasteiger partial charge in [-0.3, -0.25) is 9.69 Å². The highest BCUT2D eigenvalue weighted by molar-refractivity contribution is 9.09. The van der Waals surface area contributed by atoms with E-state index in [1.54, 1.807) is 4.68 Å². The lowest BCUT2D eigenvalue weighted by Gasteiger charge is -2.34. The largest absolute Gasteiger partial charge is 0.494 e. The van der Waals surface area contributed by atoms with E-state index in [9.17, 15) is 4.79 Å². The SMILES string of the molecule is CCOc1ccc(-n2nnnc2CN2CCN(C(=O)CCCBr)CC2)cc1. The molecule has 0 unspecified atom stereocenters. The molecular formula is C18H25BrN6O2. The molecule has 1 fully saturated rings. The summed E-state index contributed by atoms with van der Waals surface area (Å²) in [5.41, 5.74) is 0.905. The molecule has 0 aliphatic carbocycles. The number of hydrogen-bond donors (Lipinski definition) is 0. The molecule has 27 heavy (non-hydrogen) atoms. The highest BCUT2D eigenvalue weighted by Crippen LogP contribution is 2.16. The fourth-order valence-corrected chi connectivity index (χ4v) is 3.37. The van der Waals surface area contributed by atoms with Crippen LogP contribution in [-0.4, -0.2) is 74.0 Å². The molecule has 2 heterocycles. The van der Waals surface area contributed by atoms with E-state index >= 15 is 0 Å². The lowest BCUT2D eigenvalue weighted by Crippen LogP contribution is -2.48. The number of alkyl halides is 1. The Kier molecular flexibility index (Phi) is 7.17. The number of hydrogen-bond acceptors (Lipinski definition) is 6. The lowest BCUT2D eigenvalue weighted by atomic mass is 10.2. The van der Waals surface area contributed by atoms with Crippen LogP contribution < -0.4 is 4.74 Å². The molecule has 1 aliphatic heterocycles. The van der Waals surface area contributed by atoms with E-state index in [2.05, 4.69) is 36.4 Å². The highest BCUT2D eigenvalue weighted by Gasteiger charge is 2.22. The first-order valence-corrected chi connectivity index (χ1v) is 10.4. The Morgan fingerprint density at radius 3 is 2.59 bits per heavy atom. The molecule has 0 N–H and O–H groups in total. The first kappa shape index (κ1) is 19.8. The maximum absolute atomic E-state index is 12.1. The third-order valence-corrected chi connectivity index (χ3v) is 5.10. The first-order chi connectivity index (χ1) is 13.2. The molecule has 0 saturated carbocycles. The molecule has 0 bridgehead atoms. The number of halogens is 1. The summed E-state index contributed by atoms with van der Waals surface area (Å²) >= 11 is 3.38. The Bertz CT molecular complexity index is 728. The molecule has 1 aromatic heterocycles. The lowest BCUT2D eigenvalue weighted by molar-refractivity contribution is -0.133. The maximum atomic E-state index is 12.1. The van der Waals surface area contributed by atoms with E-state index in [-0.39, 0.29) is 5.91 Å². The van der Waals surface area contributed by atoms with Crippen LogP contribution in [0.5, 0.6) is 5.75 Å². The molecule has 146 valence electrons. The molecular weight excluding hydrogens is 412 g/mol. The summed E-state index contributed by atoms with van der Waals surface area (Å²) in [7, 11) is 0. The Balaban J connectivity index is 1.57. The van der Waals surface area contributed by atoms with Crippen molar-refractivity contribution in [2.75, 3.05) is 38.1 Å². The van der Waals surface area contributed by atoms with Crippen LogP contribution >= 0.6 is 15.9 Å². The van der Waals surface area contributed by atoms with Gasteiger partial charge in [0.2, 0.25) is 5.91 Å². The van der Waals surface area contributed by atoms with E-state index in [1.165, 1.54) is 0 Å². The van der Waals surface area contributed by atoms with Gasteiger partial charge in [0, 0.05) is 37.9 Å². The molecule has 1 aliphatic rings. The van der Waals surface area contributed by atoms with Gasteiger partial charge in [0.15, 0.2) is 5.82 Å². The summed E-state index contributed by atoms with van der Waals surface area (Å²) in [6.07, 6.45) is 1.50. The Morgan fingerprint density at radius 2 is 1.93 bits per heavy atom. The van der Waals surface area contributed by atoms with Gasteiger partial charge in [-0.2, -0.15) is 4.68 Å². The van der Waals surface area contributed by atoms with E-state index in [4.69, 9.17) is 4.74 Å². The number of aromatic nitrogens is 4. The molecule has 0 atom stereocenters. The minimum Gasteiger partial charge on any atom is -0.494 e. The zero-order valence-corrected chi connectivity index (χ0v) is 17.1. The number of carbonyl (C=O) groups is 1. The second-order valence-electron chi connectivity index (χ2n) is 6.38. The molecule has 8 nitrogen and oxygen atoms in total. The number of amides is 1. The van der Waals surface area contributed by atoms with Gasteiger partial charge in [-0.15, -0.1) is 5.10 Å². The third kappa shape index (κ3) is 5.26. The van der Waals surface area contributed by atoms with Gasteiger partial charge < -0.3 is 9.64 Å². The van der Waals surface area contributed by atoms with Crippen molar-refractivity contribution in [3.63, 3.8) is 0 Å². The maximum Gasteiger partial charge on any atom is 0.222 e. The molecule has 2 aromatic rings. The second kappa shape index (κ2) is 9.80. The average molecular weight is 437 g/mol. The van der Waals surface area contributed by atoms with Crippen molar-refractivity contribution >= 4 is 21.8 Å². The van der Waals surface area contributed by atoms with Crippen LogP contribution in [0.15, 0.2) is 24.3 Å². The highest BCUT2D eigenvalue weighted by atomic mass is 79.9. The fourth-order valence-electron chi connectivity index (χ4n) is 3.09. The minimum atomic E-state index is 0.244. The first-order valence-electron chi connectivity index (χ1n) is 9.28. The summed E-state index contributed by atoms with van der Waals surface area (Å²) < 4.78 is 7.23. The fraction of sp³-hybridized carbons (Fsp3) is 0.556. The van der Waals surface area contributed by atoms with Gasteiger partial charge >= 0.3 is 0 Å². The standard InChI is InChI=1S/C18H25BrN6O2/c1-2-27-16-7-5-15(6-8-16)25-17(20-21-22-25)14-23-10-12-24(13-11-23)18(26)4-3-9-19/h5-8H,2-4,9-14H2,1H3. The summed E-state index contributed by atoms with van der Waals surface area (Å²) in [5.74, 6) is 1.86. The summed E-state index contributed by atoms with van der Waals surface area (Å²) in [6, 6.07) is 7.74. The van der Waals surface area contributed by atoms with Gasteiger partial charge in [0.1, 0.15) is 5.75 Å². The van der Waals surface area contributed by atoms with Crippen LogP contribution in [-0.2, 0) is 11.3 Å². The van der Waals surface area contributed by atoms with Crippen molar-refractivity contribution in [1.29, 1.82) is 0 Å². The summed E-state index contributed by atoms with van der Waals surface area (Å²) in [4.78, 5) is 16.4. The Labute approximate surface area is 167 Å². The van der Waals surface area contributed by atoms with Gasteiger partial charge in [0.25, 0.3) is 0 Å². The van der Waals surface area contributed by atoms with Gasteiger partial charge in [-0.1, -0.05) is 15.9 Å². The molecule has 9 heteroatoms. The second-order valence-corrected chi connectivity index (χ2v) is 7.18. The molecule has 1 aromatic carbocycles. The van der Waals surface area contributed by atoms with Crippen LogP contribution in [0.4, 0.5) is 0 Å². The van der Waals surface area contributed by atoms with Gasteiger partial charge in [-0.25, -0.2) is 0 Å². The average Bonchev–Trinajstić information content (AvgIpc) is 3.15. The predicted molar refractivity (Wildman–Crippen MR) is 105 cm³/mol. The molecule has 0 radical (unpaired) electrons. The van der Waals surface area contributed by atoms with Gasteiger partial charge in [-0.05, 0) is 48.0 Å². The van der Waals surface area contributed by atoms with Crippen molar-refractivity contribution in [1.82, 2.24) is 30.0 Å². The van der Waals surface area contributed by atoms with E-state index in [0.717, 1.165) is 55.2 Å². The van der Waals surface area contributed by atoms with Crippen LogP contribution in [0, 0.1) is 0 Å². The summed E-state index contributed by atoms with van der Waals surface area (Å²) in [5, 5.41) is 13.0. The van der Waals surface area contributed by atoms with Crippen molar-refractivity contribution in [2.24, 2.45) is 0 Å². The van der Waals surface area contributed by atoms with Crippen LogP contribution in [0.1, 0.15) is 25.6 Å². The zero-order valence-electron chi connectivity index (χ0n) is 15.6. The number of tetrazole rings is 1. The molecule has 1 saturated heterocycles. The van der Waals surface area contributed by atoms with Gasteiger partial charge in [0.05, 0.1) is 18.8 Å². The van der Waals surface area contributed by atoms with Crippen LogP contribution in [0.25, 0.3) is 5.69 Å². The number of rotatable bonds is 8. The van der Waals surface area contributed by atoms with Crippen LogP contribution in [0.3, 0.4) is 0 Å². The normalized spacial score (nSPS) is 15.1. The monoisotopic (exact) mass is 436 g/mol. The molecule has 3 rings (SSSR count). The molecule has 1 amide bonds. The Morgan fingerprint density at radius 1 is 1.19 bits per heavy atom. The van der Waals surface area contributed by atoms with Crippen molar-refractivity contribution in [3.05, 3.63) is 30.1 Å². The molecule has 0 spiro atoms. The zero-order chi connectivity index (χ0) is 19.1. The van der Waals surface area contributed by atoms with Crippen LogP contribution in [0.2, 0.25) is 0 Å². The number of ether oxygens (including phenoxy) is 1. The summed E-state index contributed by atoms with van der Waals surface area (Å²) in [6.45, 7) is 6.43. The van der Waals surface area contributed by atoms with Crippen molar-refractivity contribution < 1.29 is 9.53 Å². The number of benzene rings is 1. The van der Waals surface area contributed by atoms with Crippen molar-refractivity contribution in [3.8, 4) is 11.4 Å². The van der Waals surface area contributed by atoms with E-state index < -0.39 is 0 Å². The quantitative estimate of drug-likeness (QED) is 0.587. The van der Waals surface area contributed by atoms with E-state index in [0.29, 0.717) is 19.6 Å². The third-order valence-electron chi connectivity index (χ3n) is 4.54. The van der Waals surface area contributed by atoms with Crippen molar-refractivity contribution in [2.45, 2.75) is 26.3 Å². The smallest absolute Gasteiger partial charge is 0.222 e. The number of nitrogens with zero attached hydrogens (tertiary/aromatic N) is 6.